The molecule has 0 heterocycles. The zero-order valence-electron chi connectivity index (χ0n) is 27.4. The van der Waals surface area contributed by atoms with E-state index in [9.17, 15) is 29.7 Å². The molecular weight excluding hydrogens is 548 g/mol. The summed E-state index contributed by atoms with van der Waals surface area (Å²) in [4.78, 5) is 36.3. The topological polar surface area (TPSA) is 130 Å². The summed E-state index contributed by atoms with van der Waals surface area (Å²) in [7, 11) is 0. The number of carbonyl (C=O) groups is 3. The van der Waals surface area contributed by atoms with Crippen molar-refractivity contribution in [2.75, 3.05) is 13.2 Å². The number of rotatable bonds is 26. The smallest absolute Gasteiger partial charge is 0.305 e. The van der Waals surface area contributed by atoms with Gasteiger partial charge in [-0.3, -0.25) is 14.4 Å². The van der Waals surface area contributed by atoms with Crippen LogP contribution in [0.5, 0.6) is 0 Å². The number of ether oxygens (including phenoxy) is 2. The number of Topliss-reactive ketones (excluding diaryl/α,β-unsaturated/α-hetero) is 1. The van der Waals surface area contributed by atoms with Gasteiger partial charge in [0.15, 0.2) is 0 Å². The van der Waals surface area contributed by atoms with Gasteiger partial charge in [0.2, 0.25) is 0 Å². The number of esters is 2. The summed E-state index contributed by atoms with van der Waals surface area (Å²) in [6.07, 6.45) is 17.6. The van der Waals surface area contributed by atoms with Crippen molar-refractivity contribution in [2.24, 2.45) is 17.8 Å². The number of hydrogen-bond acceptors (Lipinski definition) is 8. The number of unbranched alkanes of at least 4 members (excludes halogenated alkanes) is 10. The quantitative estimate of drug-likeness (QED) is 0.0566. The first-order chi connectivity index (χ1) is 20.6. The highest BCUT2D eigenvalue weighted by Gasteiger charge is 2.39. The standard InChI is InChI=1S/C35H62O8/c1-4-5-12-18-28(36)22-23-31-30(32(38)24-33(31)39)19-14-10-11-16-21-35(41)43-26-29(37)25-42-34(40)20-15-9-7-6-8-13-17-27(2)3/h22-23,27-31,33,36-37,39H,4-21,24-26H2,1-3H3/b23-22+/t28-,29-,30+,31+,33+/m0/s1. The fraction of sp³-hybridized carbons (Fsp3) is 0.857. The molecule has 0 saturated heterocycles. The Morgan fingerprint density at radius 3 is 1.93 bits per heavy atom. The Labute approximate surface area is 261 Å². The van der Waals surface area contributed by atoms with E-state index in [0.717, 1.165) is 63.7 Å². The first kappa shape index (κ1) is 39.3. The lowest BCUT2D eigenvalue weighted by Crippen LogP contribution is -2.25. The maximum Gasteiger partial charge on any atom is 0.305 e. The first-order valence-electron chi connectivity index (χ1n) is 17.2. The van der Waals surface area contributed by atoms with Gasteiger partial charge in [-0.15, -0.1) is 0 Å². The summed E-state index contributed by atoms with van der Waals surface area (Å²) in [6.45, 7) is 6.23. The number of hydrogen-bond donors (Lipinski definition) is 3. The molecule has 0 aromatic rings. The van der Waals surface area contributed by atoms with Gasteiger partial charge in [0.25, 0.3) is 0 Å². The maximum absolute atomic E-state index is 12.4. The van der Waals surface area contributed by atoms with Crippen molar-refractivity contribution in [3.63, 3.8) is 0 Å². The van der Waals surface area contributed by atoms with Gasteiger partial charge >= 0.3 is 11.9 Å². The molecule has 0 radical (unpaired) electrons. The SMILES string of the molecule is CCCCC[C@H](O)/C=C/[C@H]1[C@H](O)CC(=O)[C@@H]1CCCCCCC(=O)OC[C@@H](O)COC(=O)CCCCCCCCC(C)C. The maximum atomic E-state index is 12.4. The largest absolute Gasteiger partial charge is 0.463 e. The lowest BCUT2D eigenvalue weighted by atomic mass is 9.88. The van der Waals surface area contributed by atoms with Crippen molar-refractivity contribution in [3.05, 3.63) is 12.2 Å². The molecule has 0 aromatic carbocycles. The van der Waals surface area contributed by atoms with Gasteiger partial charge in [-0.25, -0.2) is 0 Å². The van der Waals surface area contributed by atoms with Gasteiger partial charge in [-0.2, -0.15) is 0 Å². The molecule has 43 heavy (non-hydrogen) atoms. The molecule has 0 amide bonds. The molecule has 0 aliphatic heterocycles. The van der Waals surface area contributed by atoms with E-state index < -0.39 is 24.3 Å². The molecule has 1 saturated carbocycles. The molecule has 250 valence electrons. The Hall–Kier alpha value is -1.77. The van der Waals surface area contributed by atoms with Gasteiger partial charge in [-0.05, 0) is 31.6 Å². The molecule has 1 rings (SSSR count). The van der Waals surface area contributed by atoms with Crippen molar-refractivity contribution in [2.45, 2.75) is 161 Å². The summed E-state index contributed by atoms with van der Waals surface area (Å²) in [6, 6.07) is 0. The zero-order chi connectivity index (χ0) is 31.9. The Morgan fingerprint density at radius 1 is 0.814 bits per heavy atom. The molecular formula is C35H62O8. The van der Waals surface area contributed by atoms with E-state index in [1.54, 1.807) is 6.08 Å². The molecule has 1 fully saturated rings. The second-order valence-corrected chi connectivity index (χ2v) is 12.9. The summed E-state index contributed by atoms with van der Waals surface area (Å²) in [5, 5.41) is 30.5. The van der Waals surface area contributed by atoms with E-state index >= 15 is 0 Å². The fourth-order valence-electron chi connectivity index (χ4n) is 5.64. The van der Waals surface area contributed by atoms with Gasteiger partial charge < -0.3 is 24.8 Å². The molecule has 0 spiro atoms. The average molecular weight is 611 g/mol. The minimum absolute atomic E-state index is 0.0818. The number of carbonyl (C=O) groups excluding carboxylic acids is 3. The average Bonchev–Trinajstić information content (AvgIpc) is 3.23. The van der Waals surface area contributed by atoms with Gasteiger partial charge in [0.1, 0.15) is 25.1 Å². The zero-order valence-corrected chi connectivity index (χ0v) is 27.4. The van der Waals surface area contributed by atoms with Crippen LogP contribution in [0.1, 0.15) is 143 Å². The number of ketones is 1. The molecule has 8 nitrogen and oxygen atoms in total. The molecule has 0 unspecified atom stereocenters. The molecule has 0 aromatic heterocycles. The van der Waals surface area contributed by atoms with Crippen LogP contribution in [-0.2, 0) is 23.9 Å². The van der Waals surface area contributed by atoms with E-state index in [1.807, 2.05) is 6.08 Å². The van der Waals surface area contributed by atoms with E-state index in [4.69, 9.17) is 9.47 Å². The third-order valence-electron chi connectivity index (χ3n) is 8.32. The molecule has 3 N–H and O–H groups in total. The van der Waals surface area contributed by atoms with Gasteiger partial charge in [0.05, 0.1) is 12.2 Å². The highest BCUT2D eigenvalue weighted by Crippen LogP contribution is 2.34. The number of aliphatic hydroxyl groups excluding tert-OH is 3. The first-order valence-corrected chi connectivity index (χ1v) is 17.2. The van der Waals surface area contributed by atoms with E-state index in [0.29, 0.717) is 25.7 Å². The monoisotopic (exact) mass is 610 g/mol. The van der Waals surface area contributed by atoms with Crippen LogP contribution >= 0.6 is 0 Å². The van der Waals surface area contributed by atoms with Crippen LogP contribution in [0.3, 0.4) is 0 Å². The number of aliphatic hydroxyl groups is 3. The second-order valence-electron chi connectivity index (χ2n) is 12.9. The second kappa shape index (κ2) is 24.5. The molecule has 1 aliphatic rings. The Kier molecular flexibility index (Phi) is 22.4. The third kappa shape index (κ3) is 20.0. The van der Waals surface area contributed by atoms with Crippen LogP contribution in [0.25, 0.3) is 0 Å². The van der Waals surface area contributed by atoms with Gasteiger partial charge in [0, 0.05) is 31.1 Å². The predicted octanol–water partition coefficient (Wildman–Crippen LogP) is 6.61. The Bertz CT molecular complexity index is 780. The van der Waals surface area contributed by atoms with Crippen molar-refractivity contribution in [1.82, 2.24) is 0 Å². The lowest BCUT2D eigenvalue weighted by molar-refractivity contribution is -0.152. The van der Waals surface area contributed by atoms with Gasteiger partial charge in [-0.1, -0.05) is 110 Å². The van der Waals surface area contributed by atoms with Crippen molar-refractivity contribution >= 4 is 17.7 Å². The minimum atomic E-state index is -1.03. The third-order valence-corrected chi connectivity index (χ3v) is 8.32. The fourth-order valence-corrected chi connectivity index (χ4v) is 5.64. The Morgan fingerprint density at radius 2 is 1.35 bits per heavy atom. The predicted molar refractivity (Wildman–Crippen MR) is 169 cm³/mol. The molecule has 5 atom stereocenters. The van der Waals surface area contributed by atoms with E-state index in [-0.39, 0.29) is 49.6 Å². The van der Waals surface area contributed by atoms with Crippen LogP contribution in [0.2, 0.25) is 0 Å². The van der Waals surface area contributed by atoms with Crippen molar-refractivity contribution in [1.29, 1.82) is 0 Å². The van der Waals surface area contributed by atoms with Crippen LogP contribution in [0, 0.1) is 17.8 Å². The highest BCUT2D eigenvalue weighted by atomic mass is 16.6. The highest BCUT2D eigenvalue weighted by molar-refractivity contribution is 5.84. The lowest BCUT2D eigenvalue weighted by Gasteiger charge is -2.18. The summed E-state index contributed by atoms with van der Waals surface area (Å²) in [5.74, 6) is -0.357. The summed E-state index contributed by atoms with van der Waals surface area (Å²) in [5.41, 5.74) is 0. The van der Waals surface area contributed by atoms with Crippen LogP contribution in [-0.4, -0.2) is 64.6 Å². The van der Waals surface area contributed by atoms with Crippen molar-refractivity contribution in [3.8, 4) is 0 Å². The van der Waals surface area contributed by atoms with Crippen LogP contribution in [0.4, 0.5) is 0 Å². The molecule has 0 bridgehead atoms. The normalized spacial score (nSPS) is 20.2. The summed E-state index contributed by atoms with van der Waals surface area (Å²) >= 11 is 0. The van der Waals surface area contributed by atoms with Crippen molar-refractivity contribution < 1.29 is 39.2 Å². The van der Waals surface area contributed by atoms with Crippen LogP contribution < -0.4 is 0 Å². The molecule has 1 aliphatic carbocycles. The van der Waals surface area contributed by atoms with Crippen LogP contribution in [0.15, 0.2) is 12.2 Å². The van der Waals surface area contributed by atoms with E-state index in [2.05, 4.69) is 20.8 Å². The van der Waals surface area contributed by atoms with E-state index in [1.165, 1.54) is 25.7 Å². The summed E-state index contributed by atoms with van der Waals surface area (Å²) < 4.78 is 10.2. The minimum Gasteiger partial charge on any atom is -0.463 e. The Balaban J connectivity index is 2.09. The molecule has 8 heteroatoms.